The van der Waals surface area contributed by atoms with Crippen molar-refractivity contribution < 1.29 is 13.9 Å². The van der Waals surface area contributed by atoms with Crippen LogP contribution in [-0.2, 0) is 4.79 Å². The van der Waals surface area contributed by atoms with E-state index in [9.17, 15) is 9.18 Å². The van der Waals surface area contributed by atoms with Gasteiger partial charge in [-0.2, -0.15) is 0 Å². The van der Waals surface area contributed by atoms with Crippen LogP contribution in [0.3, 0.4) is 0 Å². The summed E-state index contributed by atoms with van der Waals surface area (Å²) in [6.45, 7) is 2.53. The third-order valence-corrected chi connectivity index (χ3v) is 3.27. The number of halogens is 1. The molecule has 0 aliphatic carbocycles. The van der Waals surface area contributed by atoms with Crippen LogP contribution in [0.5, 0.6) is 5.75 Å². The number of carbonyl (C=O) groups is 1. The molecule has 1 amide bonds. The Kier molecular flexibility index (Phi) is 3.44. The zero-order chi connectivity index (χ0) is 14.8. The van der Waals surface area contributed by atoms with E-state index < -0.39 is 0 Å². The van der Waals surface area contributed by atoms with Crippen molar-refractivity contribution in [1.82, 2.24) is 0 Å². The molecule has 21 heavy (non-hydrogen) atoms. The number of benzene rings is 2. The molecule has 0 bridgehead atoms. The van der Waals surface area contributed by atoms with Gasteiger partial charge >= 0.3 is 0 Å². The lowest BCUT2D eigenvalue weighted by Gasteiger charge is -2.03. The van der Waals surface area contributed by atoms with Gasteiger partial charge in [0.25, 0.3) is 5.91 Å². The fraction of sp³-hybridized carbons (Fsp3) is 0.118. The molecular formula is C17H14FNO2. The molecule has 4 heteroatoms. The van der Waals surface area contributed by atoms with Crippen molar-refractivity contribution in [3.63, 3.8) is 0 Å². The fourth-order valence-electron chi connectivity index (χ4n) is 2.30. The zero-order valence-electron chi connectivity index (χ0n) is 11.5. The van der Waals surface area contributed by atoms with Gasteiger partial charge in [0.15, 0.2) is 0 Å². The number of fused-ring (bicyclic) bond motifs is 1. The number of anilines is 1. The minimum atomic E-state index is -0.358. The zero-order valence-corrected chi connectivity index (χ0v) is 11.5. The normalized spacial score (nSPS) is 15.0. The van der Waals surface area contributed by atoms with Crippen LogP contribution in [0.4, 0.5) is 10.1 Å². The van der Waals surface area contributed by atoms with Crippen molar-refractivity contribution in [3.05, 3.63) is 59.4 Å². The van der Waals surface area contributed by atoms with Gasteiger partial charge in [-0.3, -0.25) is 4.79 Å². The van der Waals surface area contributed by atoms with E-state index in [1.54, 1.807) is 12.1 Å². The van der Waals surface area contributed by atoms with Crippen LogP contribution in [0.15, 0.2) is 42.5 Å². The first-order valence-corrected chi connectivity index (χ1v) is 6.73. The lowest BCUT2D eigenvalue weighted by atomic mass is 10.0. The van der Waals surface area contributed by atoms with Crippen molar-refractivity contribution in [2.24, 2.45) is 0 Å². The standard InChI is InChI=1S/C17H14FNO2/c1-2-21-13-6-3-11(4-7-13)9-15-14-10-12(18)5-8-16(14)19-17(15)20/h3-10H,2H2,1H3,(H,19,20). The summed E-state index contributed by atoms with van der Waals surface area (Å²) in [6, 6.07) is 11.7. The maximum atomic E-state index is 13.4. The highest BCUT2D eigenvalue weighted by Gasteiger charge is 2.24. The van der Waals surface area contributed by atoms with E-state index in [1.807, 2.05) is 31.2 Å². The molecular weight excluding hydrogens is 269 g/mol. The van der Waals surface area contributed by atoms with Crippen molar-refractivity contribution >= 4 is 23.2 Å². The molecule has 2 aromatic carbocycles. The molecule has 1 aliphatic heterocycles. The molecule has 0 radical (unpaired) electrons. The van der Waals surface area contributed by atoms with E-state index in [0.717, 1.165) is 11.3 Å². The van der Waals surface area contributed by atoms with Crippen molar-refractivity contribution in [2.75, 3.05) is 11.9 Å². The summed E-state index contributed by atoms with van der Waals surface area (Å²) in [4.78, 5) is 12.0. The quantitative estimate of drug-likeness (QED) is 0.872. The van der Waals surface area contributed by atoms with Gasteiger partial charge in [-0.25, -0.2) is 4.39 Å². The van der Waals surface area contributed by atoms with Gasteiger partial charge in [-0.15, -0.1) is 0 Å². The molecule has 1 N–H and O–H groups in total. The largest absolute Gasteiger partial charge is 0.494 e. The monoisotopic (exact) mass is 283 g/mol. The molecule has 0 atom stereocenters. The Hall–Kier alpha value is -2.62. The summed E-state index contributed by atoms with van der Waals surface area (Å²) in [7, 11) is 0. The Balaban J connectivity index is 1.96. The molecule has 3 nitrogen and oxygen atoms in total. The molecule has 0 aromatic heterocycles. The topological polar surface area (TPSA) is 38.3 Å². The molecule has 0 saturated carbocycles. The van der Waals surface area contributed by atoms with E-state index in [-0.39, 0.29) is 11.7 Å². The Bertz CT molecular complexity index is 720. The second-order valence-corrected chi connectivity index (χ2v) is 4.70. The van der Waals surface area contributed by atoms with Crippen LogP contribution in [0.2, 0.25) is 0 Å². The Morgan fingerprint density at radius 3 is 2.67 bits per heavy atom. The second kappa shape index (κ2) is 5.40. The van der Waals surface area contributed by atoms with Crippen molar-refractivity contribution in [2.45, 2.75) is 6.92 Å². The lowest BCUT2D eigenvalue weighted by Crippen LogP contribution is -2.03. The maximum Gasteiger partial charge on any atom is 0.256 e. The number of ether oxygens (including phenoxy) is 1. The highest BCUT2D eigenvalue weighted by atomic mass is 19.1. The number of rotatable bonds is 3. The SMILES string of the molecule is CCOc1ccc(C=C2C(=O)Nc3ccc(F)cc32)cc1. The van der Waals surface area contributed by atoms with Gasteiger partial charge in [-0.05, 0) is 48.9 Å². The summed E-state index contributed by atoms with van der Waals surface area (Å²) >= 11 is 0. The Labute approximate surface area is 122 Å². The molecule has 0 fully saturated rings. The number of carbonyl (C=O) groups excluding carboxylic acids is 1. The van der Waals surface area contributed by atoms with Crippen LogP contribution in [0.1, 0.15) is 18.1 Å². The van der Waals surface area contributed by atoms with E-state index in [4.69, 9.17) is 4.74 Å². The predicted octanol–water partition coefficient (Wildman–Crippen LogP) is 3.72. The molecule has 1 heterocycles. The number of nitrogens with one attached hydrogen (secondary N) is 1. The maximum absolute atomic E-state index is 13.4. The average Bonchev–Trinajstić information content (AvgIpc) is 2.77. The smallest absolute Gasteiger partial charge is 0.256 e. The summed E-state index contributed by atoms with van der Waals surface area (Å²) in [5.41, 5.74) is 2.56. The van der Waals surface area contributed by atoms with Gasteiger partial charge in [0, 0.05) is 16.8 Å². The van der Waals surface area contributed by atoms with E-state index in [2.05, 4.69) is 5.32 Å². The van der Waals surface area contributed by atoms with Gasteiger partial charge in [0.1, 0.15) is 11.6 Å². The van der Waals surface area contributed by atoms with Crippen LogP contribution >= 0.6 is 0 Å². The molecule has 0 spiro atoms. The predicted molar refractivity (Wildman–Crippen MR) is 80.5 cm³/mol. The Morgan fingerprint density at radius 1 is 1.19 bits per heavy atom. The molecule has 0 saturated heterocycles. The van der Waals surface area contributed by atoms with Crippen molar-refractivity contribution in [1.29, 1.82) is 0 Å². The molecule has 2 aromatic rings. The first kappa shape index (κ1) is 13.4. The summed E-state index contributed by atoms with van der Waals surface area (Å²) in [6.07, 6.45) is 1.75. The number of amides is 1. The van der Waals surface area contributed by atoms with Gasteiger partial charge in [-0.1, -0.05) is 12.1 Å². The third-order valence-electron chi connectivity index (χ3n) is 3.27. The number of hydrogen-bond acceptors (Lipinski definition) is 2. The van der Waals surface area contributed by atoms with Gasteiger partial charge < -0.3 is 10.1 Å². The first-order valence-electron chi connectivity index (χ1n) is 6.73. The minimum absolute atomic E-state index is 0.218. The average molecular weight is 283 g/mol. The van der Waals surface area contributed by atoms with Crippen molar-refractivity contribution in [3.8, 4) is 5.75 Å². The van der Waals surface area contributed by atoms with Crippen LogP contribution in [-0.4, -0.2) is 12.5 Å². The number of hydrogen-bond donors (Lipinski definition) is 1. The fourth-order valence-corrected chi connectivity index (χ4v) is 2.30. The highest BCUT2D eigenvalue weighted by molar-refractivity contribution is 6.34. The molecule has 3 rings (SSSR count). The van der Waals surface area contributed by atoms with Crippen LogP contribution < -0.4 is 10.1 Å². The van der Waals surface area contributed by atoms with E-state index in [0.29, 0.717) is 23.4 Å². The first-order chi connectivity index (χ1) is 10.2. The summed E-state index contributed by atoms with van der Waals surface area (Å²) in [5, 5.41) is 2.73. The Morgan fingerprint density at radius 2 is 1.95 bits per heavy atom. The van der Waals surface area contributed by atoms with E-state index in [1.165, 1.54) is 12.1 Å². The second-order valence-electron chi connectivity index (χ2n) is 4.70. The molecule has 106 valence electrons. The highest BCUT2D eigenvalue weighted by Crippen LogP contribution is 2.33. The third kappa shape index (κ3) is 2.65. The van der Waals surface area contributed by atoms with Crippen LogP contribution in [0, 0.1) is 5.82 Å². The van der Waals surface area contributed by atoms with E-state index >= 15 is 0 Å². The minimum Gasteiger partial charge on any atom is -0.494 e. The summed E-state index contributed by atoms with van der Waals surface area (Å²) < 4.78 is 18.7. The van der Waals surface area contributed by atoms with Gasteiger partial charge in [0.2, 0.25) is 0 Å². The van der Waals surface area contributed by atoms with Gasteiger partial charge in [0.05, 0.1) is 6.61 Å². The summed E-state index contributed by atoms with van der Waals surface area (Å²) in [5.74, 6) is 0.203. The molecule has 1 aliphatic rings. The van der Waals surface area contributed by atoms with Crippen LogP contribution in [0.25, 0.3) is 11.6 Å². The molecule has 0 unspecified atom stereocenters. The lowest BCUT2D eigenvalue weighted by molar-refractivity contribution is -0.110.